The number of nitrogens with zero attached hydrogens (tertiary/aromatic N) is 2. The van der Waals surface area contributed by atoms with Gasteiger partial charge in [-0.25, -0.2) is 4.79 Å². The fourth-order valence-electron chi connectivity index (χ4n) is 3.72. The number of hydrogen-bond donors (Lipinski definition) is 1. The molecule has 1 aromatic carbocycles. The van der Waals surface area contributed by atoms with E-state index in [-0.39, 0.29) is 17.7 Å². The summed E-state index contributed by atoms with van der Waals surface area (Å²) in [5.41, 5.74) is 9.76. The number of benzene rings is 1. The second kappa shape index (κ2) is 5.89. The van der Waals surface area contributed by atoms with E-state index in [0.717, 1.165) is 24.1 Å². The highest BCUT2D eigenvalue weighted by atomic mass is 16.5. The molecule has 2 aliphatic rings. The van der Waals surface area contributed by atoms with Crippen LogP contribution in [0.25, 0.3) is 6.08 Å². The molecule has 23 heavy (non-hydrogen) atoms. The van der Waals surface area contributed by atoms with E-state index in [1.54, 1.807) is 13.0 Å². The zero-order chi connectivity index (χ0) is 16.6. The number of carbonyl (C=O) groups is 1. The van der Waals surface area contributed by atoms with Crippen LogP contribution < -0.4 is 15.5 Å². The number of esters is 1. The summed E-state index contributed by atoms with van der Waals surface area (Å²) in [6, 6.07) is 6.22. The van der Waals surface area contributed by atoms with Crippen molar-refractivity contribution in [3.63, 3.8) is 0 Å². The summed E-state index contributed by atoms with van der Waals surface area (Å²) in [4.78, 5) is 16.0. The SMILES string of the molecule is CCOC(=O)/C=C/c1ccc2c(c1)N(C)C(C1(N)CCC1)N2C. The summed E-state index contributed by atoms with van der Waals surface area (Å²) >= 11 is 0. The molecule has 1 aliphatic heterocycles. The Morgan fingerprint density at radius 3 is 2.65 bits per heavy atom. The van der Waals surface area contributed by atoms with E-state index in [0.29, 0.717) is 6.61 Å². The van der Waals surface area contributed by atoms with E-state index in [4.69, 9.17) is 10.5 Å². The molecule has 0 amide bonds. The van der Waals surface area contributed by atoms with Gasteiger partial charge in [-0.3, -0.25) is 0 Å². The molecular formula is C18H25N3O2. The van der Waals surface area contributed by atoms with E-state index in [9.17, 15) is 4.79 Å². The molecule has 2 N–H and O–H groups in total. The second-order valence-corrected chi connectivity index (χ2v) is 6.52. The fourth-order valence-corrected chi connectivity index (χ4v) is 3.72. The topological polar surface area (TPSA) is 58.8 Å². The highest BCUT2D eigenvalue weighted by molar-refractivity contribution is 5.88. The lowest BCUT2D eigenvalue weighted by atomic mass is 9.74. The van der Waals surface area contributed by atoms with Gasteiger partial charge < -0.3 is 20.3 Å². The van der Waals surface area contributed by atoms with Crippen LogP contribution in [-0.2, 0) is 9.53 Å². The number of nitrogens with two attached hydrogens (primary N) is 1. The third kappa shape index (κ3) is 2.70. The van der Waals surface area contributed by atoms with Crippen LogP contribution in [0, 0.1) is 0 Å². The van der Waals surface area contributed by atoms with E-state index in [1.165, 1.54) is 18.2 Å². The molecule has 124 valence electrons. The van der Waals surface area contributed by atoms with Gasteiger partial charge in [-0.2, -0.15) is 0 Å². The van der Waals surface area contributed by atoms with Crippen LogP contribution in [0.1, 0.15) is 31.7 Å². The summed E-state index contributed by atoms with van der Waals surface area (Å²) in [6.07, 6.45) is 6.79. The fraction of sp³-hybridized carbons (Fsp3) is 0.500. The Hall–Kier alpha value is -2.01. The van der Waals surface area contributed by atoms with Crippen molar-refractivity contribution in [1.82, 2.24) is 0 Å². The lowest BCUT2D eigenvalue weighted by Gasteiger charge is -2.48. The van der Waals surface area contributed by atoms with E-state index >= 15 is 0 Å². The molecule has 0 aromatic heterocycles. The number of rotatable bonds is 4. The Morgan fingerprint density at radius 1 is 1.35 bits per heavy atom. The standard InChI is InChI=1S/C18H25N3O2/c1-4-23-16(22)9-7-13-6-8-14-15(12-13)21(3)17(20(14)2)18(19)10-5-11-18/h6-9,12,17H,4-5,10-11,19H2,1-3H3/b9-7+. The van der Waals surface area contributed by atoms with Crippen LogP contribution in [0.15, 0.2) is 24.3 Å². The maximum absolute atomic E-state index is 11.5. The summed E-state index contributed by atoms with van der Waals surface area (Å²) < 4.78 is 4.92. The van der Waals surface area contributed by atoms with Gasteiger partial charge in [0, 0.05) is 20.2 Å². The molecule has 1 aromatic rings. The monoisotopic (exact) mass is 315 g/mol. The normalized spacial score (nSPS) is 22.2. The van der Waals surface area contributed by atoms with Gasteiger partial charge in [-0.05, 0) is 50.0 Å². The van der Waals surface area contributed by atoms with Gasteiger partial charge in [0.25, 0.3) is 0 Å². The number of carbonyl (C=O) groups excluding carboxylic acids is 1. The molecule has 1 fully saturated rings. The molecule has 1 aliphatic carbocycles. The molecule has 1 unspecified atom stereocenters. The van der Waals surface area contributed by atoms with Gasteiger partial charge in [-0.1, -0.05) is 6.07 Å². The first kappa shape index (κ1) is 15.9. The minimum atomic E-state index is -0.313. The van der Waals surface area contributed by atoms with Crippen molar-refractivity contribution in [3.8, 4) is 0 Å². The van der Waals surface area contributed by atoms with Crippen LogP contribution in [0.5, 0.6) is 0 Å². The van der Waals surface area contributed by atoms with Crippen molar-refractivity contribution in [1.29, 1.82) is 0 Å². The Balaban J connectivity index is 1.84. The molecule has 0 bridgehead atoms. The van der Waals surface area contributed by atoms with Crippen molar-refractivity contribution in [2.45, 2.75) is 37.9 Å². The predicted molar refractivity (Wildman–Crippen MR) is 93.5 cm³/mol. The smallest absolute Gasteiger partial charge is 0.330 e. The molecule has 1 atom stereocenters. The van der Waals surface area contributed by atoms with Gasteiger partial charge in [0.05, 0.1) is 23.5 Å². The maximum atomic E-state index is 11.5. The van der Waals surface area contributed by atoms with Gasteiger partial charge in [-0.15, -0.1) is 0 Å². The van der Waals surface area contributed by atoms with Crippen molar-refractivity contribution in [3.05, 3.63) is 29.8 Å². The highest BCUT2D eigenvalue weighted by Gasteiger charge is 2.48. The van der Waals surface area contributed by atoms with Gasteiger partial charge in [0.15, 0.2) is 0 Å². The molecule has 1 saturated carbocycles. The largest absolute Gasteiger partial charge is 0.463 e. The second-order valence-electron chi connectivity index (χ2n) is 6.52. The molecule has 0 radical (unpaired) electrons. The first-order chi connectivity index (χ1) is 11.0. The molecule has 3 rings (SSSR count). The Morgan fingerprint density at radius 2 is 2.04 bits per heavy atom. The van der Waals surface area contributed by atoms with Crippen LogP contribution in [0.3, 0.4) is 0 Å². The van der Waals surface area contributed by atoms with Crippen molar-refractivity contribution in [2.24, 2.45) is 5.73 Å². The summed E-state index contributed by atoms with van der Waals surface area (Å²) in [6.45, 7) is 2.19. The van der Waals surface area contributed by atoms with E-state index in [2.05, 4.69) is 36.0 Å². The van der Waals surface area contributed by atoms with Gasteiger partial charge in [0.2, 0.25) is 0 Å². The Kier molecular flexibility index (Phi) is 4.06. The number of likely N-dealkylation sites (N-methyl/N-ethyl adjacent to an activating group) is 2. The highest BCUT2D eigenvalue weighted by Crippen LogP contribution is 2.46. The summed E-state index contributed by atoms with van der Waals surface area (Å²) in [5, 5.41) is 0. The van der Waals surface area contributed by atoms with Gasteiger partial charge >= 0.3 is 5.97 Å². The number of anilines is 2. The summed E-state index contributed by atoms with van der Waals surface area (Å²) in [7, 11) is 4.20. The first-order valence-electron chi connectivity index (χ1n) is 8.20. The maximum Gasteiger partial charge on any atom is 0.330 e. The van der Waals surface area contributed by atoms with Crippen molar-refractivity contribution in [2.75, 3.05) is 30.5 Å². The van der Waals surface area contributed by atoms with Crippen molar-refractivity contribution < 1.29 is 9.53 Å². The Bertz CT molecular complexity index is 637. The lowest BCUT2D eigenvalue weighted by Crippen LogP contribution is -2.65. The third-order valence-corrected chi connectivity index (χ3v) is 4.99. The third-order valence-electron chi connectivity index (χ3n) is 4.99. The van der Waals surface area contributed by atoms with Crippen LogP contribution >= 0.6 is 0 Å². The average molecular weight is 315 g/mol. The molecular weight excluding hydrogens is 290 g/mol. The average Bonchev–Trinajstić information content (AvgIpc) is 2.75. The minimum Gasteiger partial charge on any atom is -0.463 e. The Labute approximate surface area is 137 Å². The lowest BCUT2D eigenvalue weighted by molar-refractivity contribution is -0.137. The molecule has 0 saturated heterocycles. The molecule has 5 nitrogen and oxygen atoms in total. The van der Waals surface area contributed by atoms with Crippen LogP contribution in [0.4, 0.5) is 11.4 Å². The van der Waals surface area contributed by atoms with Crippen LogP contribution in [0.2, 0.25) is 0 Å². The number of hydrogen-bond acceptors (Lipinski definition) is 5. The van der Waals surface area contributed by atoms with Crippen LogP contribution in [-0.4, -0.2) is 38.4 Å². The quantitative estimate of drug-likeness (QED) is 0.683. The van der Waals surface area contributed by atoms with E-state index in [1.807, 2.05) is 6.07 Å². The predicted octanol–water partition coefficient (Wildman–Crippen LogP) is 2.36. The zero-order valence-corrected chi connectivity index (χ0v) is 14.1. The zero-order valence-electron chi connectivity index (χ0n) is 14.1. The molecule has 0 spiro atoms. The first-order valence-corrected chi connectivity index (χ1v) is 8.20. The summed E-state index contributed by atoms with van der Waals surface area (Å²) in [5.74, 6) is -0.313. The number of fused-ring (bicyclic) bond motifs is 1. The van der Waals surface area contributed by atoms with E-state index < -0.39 is 0 Å². The van der Waals surface area contributed by atoms with Gasteiger partial charge in [0.1, 0.15) is 6.17 Å². The molecule has 5 heteroatoms. The molecule has 1 heterocycles. The minimum absolute atomic E-state index is 0.135. The number of ether oxygens (including phenoxy) is 1. The van der Waals surface area contributed by atoms with Crippen molar-refractivity contribution >= 4 is 23.4 Å².